The monoisotopic (exact) mass is 587 g/mol. The van der Waals surface area contributed by atoms with Crippen molar-refractivity contribution in [1.82, 2.24) is 39.7 Å². The van der Waals surface area contributed by atoms with Crippen molar-refractivity contribution in [2.24, 2.45) is 0 Å². The Morgan fingerprint density at radius 2 is 1.88 bits per heavy atom. The molecule has 6 heterocycles. The van der Waals surface area contributed by atoms with Gasteiger partial charge in [0.05, 0.1) is 17.6 Å². The molecule has 214 valence electrons. The van der Waals surface area contributed by atoms with Gasteiger partial charge >= 0.3 is 0 Å². The molecule has 2 saturated heterocycles. The zero-order valence-corrected chi connectivity index (χ0v) is 23.3. The van der Waals surface area contributed by atoms with Crippen LogP contribution in [-0.4, -0.2) is 72.3 Å². The van der Waals surface area contributed by atoms with Crippen LogP contribution in [0.25, 0.3) is 28.0 Å². The number of hydrogen-bond donors (Lipinski definition) is 2. The summed E-state index contributed by atoms with van der Waals surface area (Å²) in [4.78, 5) is 27.1. The van der Waals surface area contributed by atoms with E-state index < -0.39 is 9.84 Å². The first-order valence-corrected chi connectivity index (χ1v) is 15.4. The molecule has 4 aromatic heterocycles. The average molecular weight is 588 g/mol. The Kier molecular flexibility index (Phi) is 6.04. The molecule has 5 aromatic rings. The number of nitrogens with one attached hydrogen (secondary N) is 1. The van der Waals surface area contributed by atoms with E-state index in [4.69, 9.17) is 10.7 Å². The predicted octanol–water partition coefficient (Wildman–Crippen LogP) is 3.25. The maximum atomic E-state index is 13.7. The van der Waals surface area contributed by atoms with Crippen LogP contribution in [-0.2, 0) is 9.84 Å². The van der Waals surface area contributed by atoms with E-state index in [1.807, 2.05) is 11.0 Å². The second-order valence-corrected chi connectivity index (χ2v) is 12.8. The zero-order valence-electron chi connectivity index (χ0n) is 22.5. The fourth-order valence-corrected chi connectivity index (χ4v) is 7.47. The molecule has 3 N–H and O–H groups in total. The molecule has 0 unspecified atom stereocenters. The van der Waals surface area contributed by atoms with Crippen molar-refractivity contribution >= 4 is 27.2 Å². The zero-order chi connectivity index (χ0) is 29.2. The topological polar surface area (TPSA) is 165 Å². The summed E-state index contributed by atoms with van der Waals surface area (Å²) in [5.74, 6) is -0.629. The Morgan fingerprint density at radius 3 is 2.52 bits per heavy atom. The summed E-state index contributed by atoms with van der Waals surface area (Å²) in [6.45, 7) is 0. The van der Waals surface area contributed by atoms with Crippen LogP contribution in [0.3, 0.4) is 0 Å². The van der Waals surface area contributed by atoms with Gasteiger partial charge in [0, 0.05) is 47.1 Å². The van der Waals surface area contributed by atoms with E-state index in [1.54, 1.807) is 30.6 Å². The van der Waals surface area contributed by atoms with Gasteiger partial charge in [-0.25, -0.2) is 17.8 Å². The normalized spacial score (nSPS) is 20.3. The third-order valence-corrected chi connectivity index (χ3v) is 9.36. The molecule has 12 nitrogen and oxygen atoms in total. The minimum absolute atomic E-state index is 0.0133. The number of pyridine rings is 1. The first kappa shape index (κ1) is 26.2. The molecular formula is C28H26FN9O3S. The molecule has 2 aliphatic rings. The number of halogens is 1. The summed E-state index contributed by atoms with van der Waals surface area (Å²) < 4.78 is 41.2. The summed E-state index contributed by atoms with van der Waals surface area (Å²) in [5, 5.41) is 12.0. The van der Waals surface area contributed by atoms with Crippen molar-refractivity contribution in [3.8, 4) is 22.4 Å². The number of benzene rings is 1. The third kappa shape index (κ3) is 4.29. The number of H-pyrrole nitrogens is 1. The smallest absolute Gasteiger partial charge is 0.292 e. The molecule has 42 heavy (non-hydrogen) atoms. The number of fused-ring (bicyclic) bond motifs is 3. The van der Waals surface area contributed by atoms with Gasteiger partial charge in [-0.3, -0.25) is 9.78 Å². The largest absolute Gasteiger partial charge is 0.382 e. The van der Waals surface area contributed by atoms with E-state index in [1.165, 1.54) is 23.0 Å². The van der Waals surface area contributed by atoms with Gasteiger partial charge in [0.2, 0.25) is 5.82 Å². The van der Waals surface area contributed by atoms with E-state index in [0.717, 1.165) is 19.1 Å². The van der Waals surface area contributed by atoms with Crippen LogP contribution in [0.2, 0.25) is 0 Å². The van der Waals surface area contributed by atoms with Crippen LogP contribution in [0.1, 0.15) is 47.9 Å². The van der Waals surface area contributed by atoms with Gasteiger partial charge in [0.1, 0.15) is 22.9 Å². The maximum Gasteiger partial charge on any atom is 0.292 e. The van der Waals surface area contributed by atoms with Gasteiger partial charge in [-0.15, -0.1) is 10.2 Å². The van der Waals surface area contributed by atoms with Crippen molar-refractivity contribution in [3.05, 3.63) is 72.5 Å². The number of carbonyl (C=O) groups is 1. The van der Waals surface area contributed by atoms with Crippen LogP contribution in [0.4, 0.5) is 10.2 Å². The Balaban J connectivity index is 1.28. The highest BCUT2D eigenvalue weighted by molar-refractivity contribution is 7.91. The van der Waals surface area contributed by atoms with Crippen LogP contribution < -0.4 is 5.73 Å². The molecule has 14 heteroatoms. The molecule has 0 spiro atoms. The van der Waals surface area contributed by atoms with Crippen molar-refractivity contribution in [2.75, 3.05) is 12.0 Å². The summed E-state index contributed by atoms with van der Waals surface area (Å²) in [6, 6.07) is 9.61. The van der Waals surface area contributed by atoms with Crippen LogP contribution >= 0.6 is 0 Å². The van der Waals surface area contributed by atoms with Gasteiger partial charge in [-0.05, 0) is 43.9 Å². The summed E-state index contributed by atoms with van der Waals surface area (Å²) in [7, 11) is -3.78. The summed E-state index contributed by atoms with van der Waals surface area (Å²) >= 11 is 0. The number of amides is 1. The number of nitrogen functional groups attached to an aromatic ring is 1. The summed E-state index contributed by atoms with van der Waals surface area (Å²) in [6.07, 6.45) is 8.39. The van der Waals surface area contributed by atoms with E-state index in [-0.39, 0.29) is 46.3 Å². The standard InChI is InChI=1S/C28H26FN9O3S/c1-42(40,41)24-23(17-10-19-6-7-20(11-17)37(19)28(39)26-32-14-33-36-26)35-27-21(13-34-38(27)25(24)30)16-5-8-22(31-12-16)15-3-2-4-18(29)9-15/h2-5,8-9,12-14,17,19-20H,6-7,10-11,30H2,1H3,(H,32,33,36)/t17-,19-,20+. The number of carbonyl (C=O) groups excluding carboxylic acids is 1. The molecular weight excluding hydrogens is 561 g/mol. The van der Waals surface area contributed by atoms with Crippen molar-refractivity contribution in [1.29, 1.82) is 0 Å². The van der Waals surface area contributed by atoms with Gasteiger partial charge in [-0.1, -0.05) is 18.2 Å². The van der Waals surface area contributed by atoms with E-state index >= 15 is 0 Å². The molecule has 0 saturated carbocycles. The van der Waals surface area contributed by atoms with Gasteiger partial charge in [0.25, 0.3) is 5.91 Å². The highest BCUT2D eigenvalue weighted by Gasteiger charge is 2.46. The molecule has 3 atom stereocenters. The molecule has 0 radical (unpaired) electrons. The minimum Gasteiger partial charge on any atom is -0.382 e. The lowest BCUT2D eigenvalue weighted by Crippen LogP contribution is -2.46. The number of hydrogen-bond acceptors (Lipinski definition) is 9. The lowest BCUT2D eigenvalue weighted by Gasteiger charge is -2.38. The van der Waals surface area contributed by atoms with Crippen LogP contribution in [0.5, 0.6) is 0 Å². The molecule has 2 fully saturated rings. The van der Waals surface area contributed by atoms with Crippen LogP contribution in [0, 0.1) is 5.82 Å². The Morgan fingerprint density at radius 1 is 1.10 bits per heavy atom. The maximum absolute atomic E-state index is 13.7. The van der Waals surface area contributed by atoms with E-state index in [0.29, 0.717) is 46.6 Å². The molecule has 1 aromatic carbocycles. The first-order valence-electron chi connectivity index (χ1n) is 13.5. The molecule has 0 aliphatic carbocycles. The van der Waals surface area contributed by atoms with E-state index in [2.05, 4.69) is 25.3 Å². The second kappa shape index (κ2) is 9.69. The Labute approximate surface area is 239 Å². The Bertz CT molecular complexity index is 1930. The highest BCUT2D eigenvalue weighted by atomic mass is 32.2. The van der Waals surface area contributed by atoms with Crippen molar-refractivity contribution < 1.29 is 17.6 Å². The van der Waals surface area contributed by atoms with Gasteiger partial charge < -0.3 is 15.6 Å². The third-order valence-electron chi connectivity index (χ3n) is 8.20. The van der Waals surface area contributed by atoms with Crippen molar-refractivity contribution in [2.45, 2.75) is 48.6 Å². The Hall–Kier alpha value is -4.72. The minimum atomic E-state index is -3.78. The molecule has 7 rings (SSSR count). The number of aromatic amines is 1. The predicted molar refractivity (Wildman–Crippen MR) is 150 cm³/mol. The van der Waals surface area contributed by atoms with E-state index in [9.17, 15) is 17.6 Å². The fraction of sp³-hybridized carbons (Fsp3) is 0.286. The van der Waals surface area contributed by atoms with Crippen molar-refractivity contribution in [3.63, 3.8) is 0 Å². The van der Waals surface area contributed by atoms with Gasteiger partial charge in [0.15, 0.2) is 15.5 Å². The number of nitrogens with zero attached hydrogens (tertiary/aromatic N) is 7. The average Bonchev–Trinajstić information content (AvgIpc) is 3.71. The number of sulfone groups is 1. The highest BCUT2D eigenvalue weighted by Crippen LogP contribution is 2.45. The molecule has 2 aliphatic heterocycles. The number of rotatable bonds is 5. The fourth-order valence-electron chi connectivity index (χ4n) is 6.41. The van der Waals surface area contributed by atoms with Crippen LogP contribution in [0.15, 0.2) is 60.0 Å². The number of anilines is 1. The summed E-state index contributed by atoms with van der Waals surface area (Å²) in [5.41, 5.74) is 9.85. The molecule has 2 bridgehead atoms. The van der Waals surface area contributed by atoms with Gasteiger partial charge in [-0.2, -0.15) is 9.61 Å². The lowest BCUT2D eigenvalue weighted by molar-refractivity contribution is 0.0556. The quantitative estimate of drug-likeness (QED) is 0.314. The molecule has 1 amide bonds. The number of aromatic nitrogens is 7. The lowest BCUT2D eigenvalue weighted by atomic mass is 9.87. The number of nitrogens with two attached hydrogens (primary N) is 1. The first-order chi connectivity index (χ1) is 20.2. The second-order valence-electron chi connectivity index (χ2n) is 10.8. The SMILES string of the molecule is CS(=O)(=O)c1c([C@@H]2C[C@H]3CC[C@@H](C2)N3C(=O)c2nnc[nH]2)nc2c(-c3ccc(-c4cccc(F)c4)nc3)cnn2c1N. The number of piperidine rings is 1.